The number of likely N-dealkylation sites (tertiary alicyclic amines) is 1. The third-order valence-corrected chi connectivity index (χ3v) is 4.88. The van der Waals surface area contributed by atoms with Gasteiger partial charge in [0.05, 0.1) is 26.4 Å². The van der Waals surface area contributed by atoms with Crippen LogP contribution >= 0.6 is 15.9 Å². The van der Waals surface area contributed by atoms with Crippen LogP contribution in [0.25, 0.3) is 6.08 Å². The van der Waals surface area contributed by atoms with Gasteiger partial charge < -0.3 is 19.1 Å². The van der Waals surface area contributed by atoms with Crippen molar-refractivity contribution in [3.8, 4) is 5.75 Å². The SMILES string of the molecule is COc1ccc(Br)cc1/C=C/C(=O)N1CCCCC1C1OCCO1. The normalized spacial score (nSPS) is 22.2. The molecule has 2 aliphatic rings. The molecule has 5 nitrogen and oxygen atoms in total. The van der Waals surface area contributed by atoms with Gasteiger partial charge in [-0.25, -0.2) is 0 Å². The van der Waals surface area contributed by atoms with E-state index in [-0.39, 0.29) is 18.2 Å². The molecule has 1 amide bonds. The first-order valence-corrected chi connectivity index (χ1v) is 9.04. The van der Waals surface area contributed by atoms with Crippen molar-refractivity contribution < 1.29 is 19.0 Å². The lowest BCUT2D eigenvalue weighted by Crippen LogP contribution is -2.49. The highest BCUT2D eigenvalue weighted by molar-refractivity contribution is 9.10. The lowest BCUT2D eigenvalue weighted by molar-refractivity contribution is -0.145. The molecule has 1 aromatic carbocycles. The number of carbonyl (C=O) groups is 1. The van der Waals surface area contributed by atoms with E-state index in [1.165, 1.54) is 0 Å². The number of hydrogen-bond acceptors (Lipinski definition) is 4. The first-order chi connectivity index (χ1) is 11.7. The highest BCUT2D eigenvalue weighted by Gasteiger charge is 2.35. The summed E-state index contributed by atoms with van der Waals surface area (Å²) in [5.41, 5.74) is 0.863. The number of ether oxygens (including phenoxy) is 3. The molecule has 2 saturated heterocycles. The number of nitrogens with zero attached hydrogens (tertiary/aromatic N) is 1. The van der Waals surface area contributed by atoms with Crippen LogP contribution in [0.3, 0.4) is 0 Å². The van der Waals surface area contributed by atoms with Crippen molar-refractivity contribution in [2.24, 2.45) is 0 Å². The summed E-state index contributed by atoms with van der Waals surface area (Å²) in [5, 5.41) is 0. The second kappa shape index (κ2) is 8.14. The fourth-order valence-electron chi connectivity index (χ4n) is 3.20. The molecule has 0 saturated carbocycles. The highest BCUT2D eigenvalue weighted by atomic mass is 79.9. The number of halogens is 1. The van der Waals surface area contributed by atoms with Crippen LogP contribution < -0.4 is 4.74 Å². The van der Waals surface area contributed by atoms with Gasteiger partial charge >= 0.3 is 0 Å². The van der Waals surface area contributed by atoms with Crippen LogP contribution in [0.5, 0.6) is 5.75 Å². The summed E-state index contributed by atoms with van der Waals surface area (Å²) in [6.07, 6.45) is 6.16. The molecule has 0 N–H and O–H groups in total. The molecule has 0 aliphatic carbocycles. The van der Waals surface area contributed by atoms with Gasteiger partial charge in [0.25, 0.3) is 0 Å². The van der Waals surface area contributed by atoms with E-state index in [0.717, 1.165) is 41.6 Å². The number of methoxy groups -OCH3 is 1. The van der Waals surface area contributed by atoms with Gasteiger partial charge in [0, 0.05) is 22.7 Å². The Morgan fingerprint density at radius 1 is 1.33 bits per heavy atom. The minimum atomic E-state index is -0.289. The van der Waals surface area contributed by atoms with Gasteiger partial charge in [-0.3, -0.25) is 4.79 Å². The Labute approximate surface area is 150 Å². The molecule has 6 heteroatoms. The van der Waals surface area contributed by atoms with Gasteiger partial charge in [-0.05, 0) is 43.5 Å². The molecule has 0 aromatic heterocycles. The Morgan fingerprint density at radius 2 is 2.12 bits per heavy atom. The largest absolute Gasteiger partial charge is 0.496 e. The van der Waals surface area contributed by atoms with Crippen LogP contribution in [0.1, 0.15) is 24.8 Å². The van der Waals surface area contributed by atoms with E-state index in [1.807, 2.05) is 23.1 Å². The molecule has 130 valence electrons. The summed E-state index contributed by atoms with van der Waals surface area (Å²) < 4.78 is 17.5. The van der Waals surface area contributed by atoms with Crippen LogP contribution in [0.15, 0.2) is 28.7 Å². The number of amides is 1. The van der Waals surface area contributed by atoms with Crippen LogP contribution in [0.4, 0.5) is 0 Å². The Kier molecular flexibility index (Phi) is 5.92. The fourth-order valence-corrected chi connectivity index (χ4v) is 3.58. The van der Waals surface area contributed by atoms with Gasteiger partial charge in [0.1, 0.15) is 5.75 Å². The molecule has 0 spiro atoms. The molecular formula is C18H22BrNO4. The predicted molar refractivity (Wildman–Crippen MR) is 94.8 cm³/mol. The third-order valence-electron chi connectivity index (χ3n) is 4.39. The first-order valence-electron chi connectivity index (χ1n) is 8.24. The number of rotatable bonds is 4. The van der Waals surface area contributed by atoms with Gasteiger partial charge in [-0.15, -0.1) is 0 Å². The highest BCUT2D eigenvalue weighted by Crippen LogP contribution is 2.26. The maximum absolute atomic E-state index is 12.7. The average Bonchev–Trinajstić information content (AvgIpc) is 3.14. The summed E-state index contributed by atoms with van der Waals surface area (Å²) in [4.78, 5) is 14.6. The smallest absolute Gasteiger partial charge is 0.247 e. The van der Waals surface area contributed by atoms with Crippen LogP contribution in [0.2, 0.25) is 0 Å². The summed E-state index contributed by atoms with van der Waals surface area (Å²) in [6, 6.07) is 5.72. The zero-order valence-electron chi connectivity index (χ0n) is 13.7. The average molecular weight is 396 g/mol. The van der Waals surface area contributed by atoms with Crippen molar-refractivity contribution in [1.82, 2.24) is 4.90 Å². The Hall–Kier alpha value is -1.37. The van der Waals surface area contributed by atoms with E-state index in [2.05, 4.69) is 15.9 Å². The molecule has 0 bridgehead atoms. The molecular weight excluding hydrogens is 374 g/mol. The van der Waals surface area contributed by atoms with Crippen molar-refractivity contribution >= 4 is 27.9 Å². The summed E-state index contributed by atoms with van der Waals surface area (Å²) in [7, 11) is 1.62. The number of benzene rings is 1. The van der Waals surface area contributed by atoms with Crippen LogP contribution in [-0.2, 0) is 14.3 Å². The molecule has 2 aliphatic heterocycles. The van der Waals surface area contributed by atoms with Crippen LogP contribution in [-0.4, -0.2) is 50.0 Å². The molecule has 1 aromatic rings. The molecule has 3 rings (SSSR count). The van der Waals surface area contributed by atoms with E-state index in [9.17, 15) is 4.79 Å². The van der Waals surface area contributed by atoms with E-state index < -0.39 is 0 Å². The summed E-state index contributed by atoms with van der Waals surface area (Å²) in [6.45, 7) is 1.95. The predicted octanol–water partition coefficient (Wildman–Crippen LogP) is 3.22. The van der Waals surface area contributed by atoms with Gasteiger partial charge in [-0.2, -0.15) is 0 Å². The standard InChI is InChI=1S/C18H22BrNO4/c1-22-16-7-6-14(19)12-13(16)5-8-17(21)20-9-3-2-4-15(20)18-23-10-11-24-18/h5-8,12,15,18H,2-4,9-11H2,1H3/b8-5+. The summed E-state index contributed by atoms with van der Waals surface area (Å²) >= 11 is 3.45. The van der Waals surface area contributed by atoms with Gasteiger partial charge in [-0.1, -0.05) is 15.9 Å². The van der Waals surface area contributed by atoms with E-state index in [1.54, 1.807) is 19.3 Å². The Bertz CT molecular complexity index is 613. The fraction of sp³-hybridized carbons (Fsp3) is 0.500. The quantitative estimate of drug-likeness (QED) is 0.734. The lowest BCUT2D eigenvalue weighted by atomic mass is 10.0. The van der Waals surface area contributed by atoms with Crippen molar-refractivity contribution in [2.45, 2.75) is 31.6 Å². The molecule has 0 radical (unpaired) electrons. The second-order valence-corrected chi connectivity index (χ2v) is 6.84. The van der Waals surface area contributed by atoms with Crippen molar-refractivity contribution in [2.75, 3.05) is 26.9 Å². The minimum absolute atomic E-state index is 0.00260. The van der Waals surface area contributed by atoms with Crippen LogP contribution in [0, 0.1) is 0 Å². The molecule has 2 heterocycles. The van der Waals surface area contributed by atoms with Crippen molar-refractivity contribution in [3.63, 3.8) is 0 Å². The van der Waals surface area contributed by atoms with Gasteiger partial charge in [0.2, 0.25) is 5.91 Å². The topological polar surface area (TPSA) is 48.0 Å². The maximum atomic E-state index is 12.7. The first kappa shape index (κ1) is 17.5. The zero-order chi connectivity index (χ0) is 16.9. The number of piperidine rings is 1. The molecule has 2 fully saturated rings. The molecule has 1 unspecified atom stereocenters. The second-order valence-electron chi connectivity index (χ2n) is 5.92. The lowest BCUT2D eigenvalue weighted by Gasteiger charge is -2.37. The van der Waals surface area contributed by atoms with E-state index in [0.29, 0.717) is 13.2 Å². The Morgan fingerprint density at radius 3 is 2.88 bits per heavy atom. The van der Waals surface area contributed by atoms with Crippen molar-refractivity contribution in [1.29, 1.82) is 0 Å². The maximum Gasteiger partial charge on any atom is 0.247 e. The zero-order valence-corrected chi connectivity index (χ0v) is 15.3. The summed E-state index contributed by atoms with van der Waals surface area (Å²) in [5.74, 6) is 0.723. The molecule has 24 heavy (non-hydrogen) atoms. The van der Waals surface area contributed by atoms with Crippen molar-refractivity contribution in [3.05, 3.63) is 34.3 Å². The molecule has 1 atom stereocenters. The number of carbonyl (C=O) groups excluding carboxylic acids is 1. The van der Waals surface area contributed by atoms with Gasteiger partial charge in [0.15, 0.2) is 6.29 Å². The van der Waals surface area contributed by atoms with E-state index >= 15 is 0 Å². The minimum Gasteiger partial charge on any atom is -0.496 e. The number of hydrogen-bond donors (Lipinski definition) is 0. The monoisotopic (exact) mass is 395 g/mol. The third kappa shape index (κ3) is 3.99. The Balaban J connectivity index is 1.74. The van der Waals surface area contributed by atoms with E-state index in [4.69, 9.17) is 14.2 Å².